The Hall–Kier alpha value is -1.84. The molecule has 1 atom stereocenters. The molecule has 19 heavy (non-hydrogen) atoms. The first-order valence-electron chi connectivity index (χ1n) is 6.38. The molecule has 0 aliphatic carbocycles. The fourth-order valence-corrected chi connectivity index (χ4v) is 2.19. The maximum Gasteiger partial charge on any atom is 0.119 e. The molecule has 3 heteroatoms. The minimum atomic E-state index is 0.155. The zero-order valence-electron chi connectivity index (χ0n) is 11.4. The Labute approximate surface area is 114 Å². The fraction of sp³-hybridized carbons (Fsp3) is 0.250. The van der Waals surface area contributed by atoms with Crippen molar-refractivity contribution in [2.75, 3.05) is 14.2 Å². The van der Waals surface area contributed by atoms with E-state index in [1.165, 1.54) is 11.1 Å². The summed E-state index contributed by atoms with van der Waals surface area (Å²) in [7, 11) is 3.64. The van der Waals surface area contributed by atoms with E-state index in [0.717, 1.165) is 11.3 Å². The van der Waals surface area contributed by atoms with Crippen LogP contribution in [0, 0.1) is 0 Å². The summed E-state index contributed by atoms with van der Waals surface area (Å²) in [5, 5.41) is 3.34. The van der Waals surface area contributed by atoms with Gasteiger partial charge in [0.25, 0.3) is 0 Å². The van der Waals surface area contributed by atoms with Gasteiger partial charge in [-0.05, 0) is 35.9 Å². The fourth-order valence-electron chi connectivity index (χ4n) is 2.19. The predicted octanol–water partition coefficient (Wildman–Crippen LogP) is 2.46. The van der Waals surface area contributed by atoms with Crippen molar-refractivity contribution >= 4 is 0 Å². The topological polar surface area (TPSA) is 47.3 Å². The summed E-state index contributed by atoms with van der Waals surface area (Å²) in [4.78, 5) is 0. The Morgan fingerprint density at radius 2 is 1.84 bits per heavy atom. The minimum absolute atomic E-state index is 0.155. The van der Waals surface area contributed by atoms with Gasteiger partial charge in [0.15, 0.2) is 0 Å². The van der Waals surface area contributed by atoms with Crippen molar-refractivity contribution < 1.29 is 4.74 Å². The smallest absolute Gasteiger partial charge is 0.119 e. The van der Waals surface area contributed by atoms with E-state index in [-0.39, 0.29) is 6.04 Å². The molecule has 100 valence electrons. The molecule has 0 aliphatic rings. The van der Waals surface area contributed by atoms with E-state index in [0.29, 0.717) is 6.54 Å². The van der Waals surface area contributed by atoms with Crippen LogP contribution in [0.1, 0.15) is 22.7 Å². The van der Waals surface area contributed by atoms with Crippen molar-refractivity contribution in [1.82, 2.24) is 5.32 Å². The number of hydrogen-bond donors (Lipinski definition) is 2. The van der Waals surface area contributed by atoms with Crippen LogP contribution in [-0.2, 0) is 6.54 Å². The first-order valence-corrected chi connectivity index (χ1v) is 6.38. The number of nitrogens with two attached hydrogens (primary N) is 1. The number of nitrogens with one attached hydrogen (secondary N) is 1. The van der Waals surface area contributed by atoms with Crippen LogP contribution < -0.4 is 15.8 Å². The number of benzene rings is 2. The molecule has 2 aromatic carbocycles. The molecule has 3 N–H and O–H groups in total. The SMILES string of the molecule is CNC(c1ccc(CN)cc1)c1cccc(OC)c1. The average molecular weight is 256 g/mol. The molecule has 0 aromatic heterocycles. The summed E-state index contributed by atoms with van der Waals surface area (Å²) in [6.07, 6.45) is 0. The van der Waals surface area contributed by atoms with Crippen LogP contribution in [0.3, 0.4) is 0 Å². The molecular weight excluding hydrogens is 236 g/mol. The molecule has 0 heterocycles. The minimum Gasteiger partial charge on any atom is -0.497 e. The van der Waals surface area contributed by atoms with E-state index in [1.54, 1.807) is 7.11 Å². The van der Waals surface area contributed by atoms with Gasteiger partial charge in [-0.1, -0.05) is 36.4 Å². The van der Waals surface area contributed by atoms with Gasteiger partial charge >= 0.3 is 0 Å². The number of methoxy groups -OCH3 is 1. The Bertz CT molecular complexity index is 523. The monoisotopic (exact) mass is 256 g/mol. The van der Waals surface area contributed by atoms with Crippen molar-refractivity contribution in [3.63, 3.8) is 0 Å². The standard InChI is InChI=1S/C16H20N2O/c1-18-16(13-8-6-12(11-17)7-9-13)14-4-3-5-15(10-14)19-2/h3-10,16,18H,11,17H2,1-2H3. The lowest BCUT2D eigenvalue weighted by Gasteiger charge is -2.18. The highest BCUT2D eigenvalue weighted by atomic mass is 16.5. The number of rotatable bonds is 5. The summed E-state index contributed by atoms with van der Waals surface area (Å²) in [6, 6.07) is 16.6. The van der Waals surface area contributed by atoms with Gasteiger partial charge < -0.3 is 15.8 Å². The van der Waals surface area contributed by atoms with E-state index >= 15 is 0 Å². The van der Waals surface area contributed by atoms with Crippen LogP contribution in [0.4, 0.5) is 0 Å². The quantitative estimate of drug-likeness (QED) is 0.864. The van der Waals surface area contributed by atoms with Gasteiger partial charge in [-0.25, -0.2) is 0 Å². The molecule has 0 bridgehead atoms. The largest absolute Gasteiger partial charge is 0.497 e. The molecule has 3 nitrogen and oxygen atoms in total. The zero-order chi connectivity index (χ0) is 13.7. The summed E-state index contributed by atoms with van der Waals surface area (Å²) < 4.78 is 5.28. The lowest BCUT2D eigenvalue weighted by molar-refractivity contribution is 0.414. The van der Waals surface area contributed by atoms with Crippen LogP contribution >= 0.6 is 0 Å². The molecule has 0 radical (unpaired) electrons. The van der Waals surface area contributed by atoms with E-state index in [2.05, 4.69) is 41.7 Å². The lowest BCUT2D eigenvalue weighted by atomic mass is 9.97. The Morgan fingerprint density at radius 1 is 1.11 bits per heavy atom. The van der Waals surface area contributed by atoms with E-state index in [4.69, 9.17) is 10.5 Å². The Kier molecular flexibility index (Phi) is 4.55. The molecule has 0 saturated carbocycles. The summed E-state index contributed by atoms with van der Waals surface area (Å²) in [6.45, 7) is 0.573. The predicted molar refractivity (Wildman–Crippen MR) is 78.2 cm³/mol. The highest BCUT2D eigenvalue weighted by molar-refractivity contribution is 5.37. The summed E-state index contributed by atoms with van der Waals surface area (Å²) in [5.41, 5.74) is 9.17. The van der Waals surface area contributed by atoms with Crippen LogP contribution in [-0.4, -0.2) is 14.2 Å². The van der Waals surface area contributed by atoms with Crippen LogP contribution in [0.5, 0.6) is 5.75 Å². The molecular formula is C16H20N2O. The maximum atomic E-state index is 5.63. The first kappa shape index (κ1) is 13.6. The maximum absolute atomic E-state index is 5.63. The van der Waals surface area contributed by atoms with Gasteiger partial charge in [-0.15, -0.1) is 0 Å². The molecule has 2 aromatic rings. The van der Waals surface area contributed by atoms with Crippen LogP contribution in [0.25, 0.3) is 0 Å². The van der Waals surface area contributed by atoms with Crippen molar-refractivity contribution in [2.45, 2.75) is 12.6 Å². The molecule has 0 spiro atoms. The van der Waals surface area contributed by atoms with E-state index < -0.39 is 0 Å². The normalized spacial score (nSPS) is 12.2. The average Bonchev–Trinajstić information content (AvgIpc) is 2.49. The molecule has 0 saturated heterocycles. The van der Waals surface area contributed by atoms with Crippen molar-refractivity contribution in [2.24, 2.45) is 5.73 Å². The summed E-state index contributed by atoms with van der Waals surface area (Å²) >= 11 is 0. The highest BCUT2D eigenvalue weighted by Crippen LogP contribution is 2.25. The van der Waals surface area contributed by atoms with Gasteiger partial charge in [0.2, 0.25) is 0 Å². The van der Waals surface area contributed by atoms with Crippen LogP contribution in [0.15, 0.2) is 48.5 Å². The van der Waals surface area contributed by atoms with Crippen molar-refractivity contribution in [3.05, 3.63) is 65.2 Å². The second-order valence-corrected chi connectivity index (χ2v) is 4.44. The highest BCUT2D eigenvalue weighted by Gasteiger charge is 2.12. The Morgan fingerprint density at radius 3 is 2.42 bits per heavy atom. The molecule has 1 unspecified atom stereocenters. The molecule has 0 fully saturated rings. The van der Waals surface area contributed by atoms with Crippen molar-refractivity contribution in [3.8, 4) is 5.75 Å². The van der Waals surface area contributed by atoms with Crippen LogP contribution in [0.2, 0.25) is 0 Å². The van der Waals surface area contributed by atoms with Gasteiger partial charge in [0, 0.05) is 6.54 Å². The summed E-state index contributed by atoms with van der Waals surface area (Å²) in [5.74, 6) is 0.872. The molecule has 0 aliphatic heterocycles. The van der Waals surface area contributed by atoms with Gasteiger partial charge in [0.1, 0.15) is 5.75 Å². The van der Waals surface area contributed by atoms with Gasteiger partial charge in [-0.3, -0.25) is 0 Å². The molecule has 0 amide bonds. The third kappa shape index (κ3) is 3.13. The van der Waals surface area contributed by atoms with Gasteiger partial charge in [0.05, 0.1) is 13.2 Å². The van der Waals surface area contributed by atoms with Crippen molar-refractivity contribution in [1.29, 1.82) is 0 Å². The lowest BCUT2D eigenvalue weighted by Crippen LogP contribution is -2.17. The molecule has 2 rings (SSSR count). The second kappa shape index (κ2) is 6.36. The zero-order valence-corrected chi connectivity index (χ0v) is 11.4. The number of ether oxygens (including phenoxy) is 1. The third-order valence-corrected chi connectivity index (χ3v) is 3.26. The Balaban J connectivity index is 2.31. The second-order valence-electron chi connectivity index (χ2n) is 4.44. The number of hydrogen-bond acceptors (Lipinski definition) is 3. The van der Waals surface area contributed by atoms with E-state index in [1.807, 2.05) is 19.2 Å². The first-order chi connectivity index (χ1) is 9.28. The van der Waals surface area contributed by atoms with Gasteiger partial charge in [-0.2, -0.15) is 0 Å². The third-order valence-electron chi connectivity index (χ3n) is 3.26. The van der Waals surface area contributed by atoms with E-state index in [9.17, 15) is 0 Å².